The summed E-state index contributed by atoms with van der Waals surface area (Å²) in [6, 6.07) is 9.73. The predicted molar refractivity (Wildman–Crippen MR) is 112 cm³/mol. The van der Waals surface area contributed by atoms with E-state index in [9.17, 15) is 24.5 Å². The van der Waals surface area contributed by atoms with E-state index in [0.717, 1.165) is 0 Å². The SMILES string of the molecule is Cc1cc(C(=O)Oc2ccc3cc(C(=O)NCC(C)C)c(=O)oc3c2)ccc1[N+](=O)[O-]. The van der Waals surface area contributed by atoms with Crippen LogP contribution >= 0.6 is 0 Å². The molecule has 1 N–H and O–H groups in total. The first-order valence-electron chi connectivity index (χ1n) is 9.49. The molecule has 1 aromatic heterocycles. The predicted octanol–water partition coefficient (Wildman–Crippen LogP) is 3.61. The van der Waals surface area contributed by atoms with E-state index >= 15 is 0 Å². The summed E-state index contributed by atoms with van der Waals surface area (Å²) in [4.78, 5) is 47.2. The molecule has 0 atom stereocenters. The van der Waals surface area contributed by atoms with Crippen LogP contribution in [-0.4, -0.2) is 23.3 Å². The van der Waals surface area contributed by atoms with Crippen molar-refractivity contribution in [1.82, 2.24) is 5.32 Å². The lowest BCUT2D eigenvalue weighted by Crippen LogP contribution is -2.31. The summed E-state index contributed by atoms with van der Waals surface area (Å²) in [7, 11) is 0. The van der Waals surface area contributed by atoms with Gasteiger partial charge in [0, 0.05) is 29.6 Å². The van der Waals surface area contributed by atoms with E-state index in [2.05, 4.69) is 5.32 Å². The number of nitrogens with zero attached hydrogens (tertiary/aromatic N) is 1. The summed E-state index contributed by atoms with van der Waals surface area (Å²) in [5, 5.41) is 14.1. The number of esters is 1. The fourth-order valence-electron chi connectivity index (χ4n) is 2.86. The zero-order chi connectivity index (χ0) is 22.7. The Morgan fingerprint density at radius 2 is 1.90 bits per heavy atom. The van der Waals surface area contributed by atoms with Crippen LogP contribution < -0.4 is 15.7 Å². The number of hydrogen-bond acceptors (Lipinski definition) is 7. The normalized spacial score (nSPS) is 10.8. The van der Waals surface area contributed by atoms with Gasteiger partial charge in [0.25, 0.3) is 11.6 Å². The molecule has 0 saturated carbocycles. The van der Waals surface area contributed by atoms with Gasteiger partial charge in [0.2, 0.25) is 0 Å². The van der Waals surface area contributed by atoms with Gasteiger partial charge in [-0.25, -0.2) is 9.59 Å². The molecule has 0 spiro atoms. The van der Waals surface area contributed by atoms with Crippen molar-refractivity contribution in [1.29, 1.82) is 0 Å². The van der Waals surface area contributed by atoms with Crippen molar-refractivity contribution in [3.05, 3.63) is 79.7 Å². The van der Waals surface area contributed by atoms with Crippen LogP contribution in [0.1, 0.15) is 40.1 Å². The molecule has 0 unspecified atom stereocenters. The fourth-order valence-corrected chi connectivity index (χ4v) is 2.86. The second-order valence-electron chi connectivity index (χ2n) is 7.40. The largest absolute Gasteiger partial charge is 0.423 e. The monoisotopic (exact) mass is 424 g/mol. The molecule has 9 nitrogen and oxygen atoms in total. The van der Waals surface area contributed by atoms with E-state index in [1.807, 2.05) is 13.8 Å². The van der Waals surface area contributed by atoms with Crippen LogP contribution in [0.4, 0.5) is 5.69 Å². The number of fused-ring (bicyclic) bond motifs is 1. The zero-order valence-corrected chi connectivity index (χ0v) is 17.1. The highest BCUT2D eigenvalue weighted by Gasteiger charge is 2.17. The van der Waals surface area contributed by atoms with Gasteiger partial charge in [0.05, 0.1) is 10.5 Å². The first kappa shape index (κ1) is 21.7. The first-order valence-corrected chi connectivity index (χ1v) is 9.49. The number of nitro groups is 1. The van der Waals surface area contributed by atoms with Crippen LogP contribution in [0, 0.1) is 23.0 Å². The highest BCUT2D eigenvalue weighted by molar-refractivity contribution is 5.97. The summed E-state index contributed by atoms with van der Waals surface area (Å²) in [5.74, 6) is -0.889. The van der Waals surface area contributed by atoms with Crippen LogP contribution in [-0.2, 0) is 0 Å². The maximum atomic E-state index is 12.4. The molecule has 3 rings (SSSR count). The molecule has 1 heterocycles. The van der Waals surface area contributed by atoms with E-state index < -0.39 is 22.4 Å². The summed E-state index contributed by atoms with van der Waals surface area (Å²) < 4.78 is 10.5. The molecule has 2 aromatic carbocycles. The number of aryl methyl sites for hydroxylation is 1. The highest BCUT2D eigenvalue weighted by Crippen LogP contribution is 2.23. The molecule has 0 bridgehead atoms. The van der Waals surface area contributed by atoms with Crippen molar-refractivity contribution in [2.24, 2.45) is 5.92 Å². The number of benzene rings is 2. The number of hydrogen-bond donors (Lipinski definition) is 1. The van der Waals surface area contributed by atoms with Crippen LogP contribution in [0.3, 0.4) is 0 Å². The molecule has 0 radical (unpaired) electrons. The van der Waals surface area contributed by atoms with Crippen LogP contribution in [0.5, 0.6) is 5.75 Å². The van der Waals surface area contributed by atoms with Gasteiger partial charge in [0.15, 0.2) is 0 Å². The highest BCUT2D eigenvalue weighted by atomic mass is 16.6. The van der Waals surface area contributed by atoms with Gasteiger partial charge >= 0.3 is 11.6 Å². The van der Waals surface area contributed by atoms with Crippen molar-refractivity contribution in [3.8, 4) is 5.75 Å². The molecule has 160 valence electrons. The third-order valence-electron chi connectivity index (χ3n) is 4.46. The number of carbonyl (C=O) groups is 2. The van der Waals surface area contributed by atoms with E-state index in [4.69, 9.17) is 9.15 Å². The number of rotatable bonds is 6. The third kappa shape index (κ3) is 4.95. The van der Waals surface area contributed by atoms with Gasteiger partial charge in [-0.05, 0) is 43.2 Å². The van der Waals surface area contributed by atoms with Gasteiger partial charge in [-0.1, -0.05) is 13.8 Å². The van der Waals surface area contributed by atoms with Gasteiger partial charge in [0.1, 0.15) is 16.9 Å². The molecule has 0 aliphatic rings. The van der Waals surface area contributed by atoms with E-state index in [1.54, 1.807) is 6.07 Å². The maximum Gasteiger partial charge on any atom is 0.349 e. The number of nitrogens with one attached hydrogen (secondary N) is 1. The third-order valence-corrected chi connectivity index (χ3v) is 4.46. The Morgan fingerprint density at radius 1 is 1.16 bits per heavy atom. The standard InChI is InChI=1S/C22H20N2O7/c1-12(2)11-23-20(25)17-9-14-4-6-16(10-19(14)31-22(17)27)30-21(26)15-5-7-18(24(28)29)13(3)8-15/h4-10,12H,11H2,1-3H3,(H,23,25). The molecule has 3 aromatic rings. The molecule has 0 fully saturated rings. The molecule has 1 amide bonds. The van der Waals surface area contributed by atoms with Crippen molar-refractivity contribution in [2.45, 2.75) is 20.8 Å². The molecule has 9 heteroatoms. The number of ether oxygens (including phenoxy) is 1. The van der Waals surface area contributed by atoms with Gasteiger partial charge in [-0.3, -0.25) is 14.9 Å². The summed E-state index contributed by atoms with van der Waals surface area (Å²) >= 11 is 0. The van der Waals surface area contributed by atoms with Crippen LogP contribution in [0.15, 0.2) is 51.7 Å². The quantitative estimate of drug-likeness (QED) is 0.210. The second-order valence-corrected chi connectivity index (χ2v) is 7.40. The summed E-state index contributed by atoms with van der Waals surface area (Å²) in [5.41, 5.74) is -0.399. The minimum atomic E-state index is -0.803. The molecule has 0 aliphatic carbocycles. The average molecular weight is 424 g/mol. The van der Waals surface area contributed by atoms with Gasteiger partial charge in [-0.2, -0.15) is 0 Å². The Labute approximate surface area is 176 Å². The second kappa shape index (κ2) is 8.78. The summed E-state index contributed by atoms with van der Waals surface area (Å²) in [6.45, 7) is 5.82. The Kier molecular flexibility index (Phi) is 6.15. The minimum absolute atomic E-state index is 0.0998. The maximum absolute atomic E-state index is 12.4. The smallest absolute Gasteiger partial charge is 0.349 e. The Bertz CT molecular complexity index is 1240. The van der Waals surface area contributed by atoms with E-state index in [1.165, 1.54) is 43.3 Å². The Hall–Kier alpha value is -4.01. The number of nitro benzene ring substituents is 1. The summed E-state index contributed by atoms with van der Waals surface area (Å²) in [6.07, 6.45) is 0. The van der Waals surface area contributed by atoms with Crippen molar-refractivity contribution in [2.75, 3.05) is 6.54 Å². The van der Waals surface area contributed by atoms with E-state index in [-0.39, 0.29) is 34.1 Å². The molecular weight excluding hydrogens is 404 g/mol. The molecule has 0 aliphatic heterocycles. The fraction of sp³-hybridized carbons (Fsp3) is 0.227. The van der Waals surface area contributed by atoms with Gasteiger partial charge < -0.3 is 14.5 Å². The average Bonchev–Trinajstić information content (AvgIpc) is 2.71. The Balaban J connectivity index is 1.83. The topological polar surface area (TPSA) is 129 Å². The lowest BCUT2D eigenvalue weighted by molar-refractivity contribution is -0.385. The lowest BCUT2D eigenvalue weighted by atomic mass is 10.1. The first-order chi connectivity index (χ1) is 14.7. The van der Waals surface area contributed by atoms with Crippen molar-refractivity contribution >= 4 is 28.5 Å². The number of amides is 1. The number of carbonyl (C=O) groups excluding carboxylic acids is 2. The van der Waals surface area contributed by atoms with Crippen molar-refractivity contribution in [3.63, 3.8) is 0 Å². The van der Waals surface area contributed by atoms with Crippen LogP contribution in [0.2, 0.25) is 0 Å². The molecular formula is C22H20N2O7. The van der Waals surface area contributed by atoms with Crippen molar-refractivity contribution < 1.29 is 23.7 Å². The molecule has 0 saturated heterocycles. The van der Waals surface area contributed by atoms with Crippen LogP contribution in [0.25, 0.3) is 11.0 Å². The zero-order valence-electron chi connectivity index (χ0n) is 17.1. The lowest BCUT2D eigenvalue weighted by Gasteiger charge is -2.08. The molecule has 31 heavy (non-hydrogen) atoms. The minimum Gasteiger partial charge on any atom is -0.423 e. The Morgan fingerprint density at radius 3 is 2.55 bits per heavy atom. The van der Waals surface area contributed by atoms with E-state index in [0.29, 0.717) is 17.5 Å². The van der Waals surface area contributed by atoms with Gasteiger partial charge in [-0.15, -0.1) is 0 Å².